The number of hydrogen-bond acceptors (Lipinski definition) is 4. The second kappa shape index (κ2) is 3.44. The number of fused-ring (bicyclic) bond motifs is 1. The monoisotopic (exact) mass is 221 g/mol. The lowest BCUT2D eigenvalue weighted by molar-refractivity contribution is 0.368. The molecule has 0 atom stereocenters. The maximum Gasteiger partial charge on any atom is 0.297 e. The lowest BCUT2D eigenvalue weighted by atomic mass is 10.2. The molecule has 16 heavy (non-hydrogen) atoms. The molecule has 5 heteroatoms. The molecule has 0 aliphatic carbocycles. The molecule has 0 saturated heterocycles. The van der Waals surface area contributed by atoms with Gasteiger partial charge in [-0.15, -0.1) is 0 Å². The molecule has 0 spiro atoms. The minimum atomic E-state index is -0.446. The average Bonchev–Trinajstić information content (AvgIpc) is 2.27. The molecule has 0 saturated carbocycles. The quantitative estimate of drug-likeness (QED) is 0.752. The number of phenolic OH excluding ortho intramolecular Hbond substituents is 1. The number of rotatable bonds is 1. The summed E-state index contributed by atoms with van der Waals surface area (Å²) in [5.41, 5.74) is 0.00130. The third kappa shape index (κ3) is 1.29. The van der Waals surface area contributed by atoms with Crippen LogP contribution in [0.4, 0.5) is 0 Å². The lowest BCUT2D eigenvalue weighted by Crippen LogP contribution is -2.18. The molecule has 0 unspecified atom stereocenters. The van der Waals surface area contributed by atoms with Gasteiger partial charge in [0.2, 0.25) is 5.75 Å². The van der Waals surface area contributed by atoms with E-state index in [1.165, 1.54) is 29.9 Å². The van der Waals surface area contributed by atoms with Crippen molar-refractivity contribution in [3.05, 3.63) is 28.6 Å². The molecule has 2 N–H and O–H groups in total. The van der Waals surface area contributed by atoms with Crippen LogP contribution in [-0.4, -0.2) is 21.9 Å². The summed E-state index contributed by atoms with van der Waals surface area (Å²) >= 11 is 0. The molecule has 0 aliphatic rings. The van der Waals surface area contributed by atoms with Gasteiger partial charge in [0.25, 0.3) is 5.56 Å². The van der Waals surface area contributed by atoms with Crippen LogP contribution in [0.5, 0.6) is 17.2 Å². The Balaban J connectivity index is 3.01. The second-order valence-corrected chi connectivity index (χ2v) is 3.45. The van der Waals surface area contributed by atoms with Gasteiger partial charge in [-0.25, -0.2) is 0 Å². The van der Waals surface area contributed by atoms with E-state index in [2.05, 4.69) is 0 Å². The molecule has 0 bridgehead atoms. The van der Waals surface area contributed by atoms with Gasteiger partial charge in [0.1, 0.15) is 5.75 Å². The van der Waals surface area contributed by atoms with Crippen molar-refractivity contribution >= 4 is 10.9 Å². The summed E-state index contributed by atoms with van der Waals surface area (Å²) in [5.74, 6) is -0.270. The van der Waals surface area contributed by atoms with Crippen molar-refractivity contribution in [1.82, 2.24) is 4.57 Å². The number of aromatic nitrogens is 1. The smallest absolute Gasteiger partial charge is 0.297 e. The van der Waals surface area contributed by atoms with E-state index in [9.17, 15) is 15.0 Å². The summed E-state index contributed by atoms with van der Waals surface area (Å²) in [6.07, 6.45) is 0. The zero-order valence-electron chi connectivity index (χ0n) is 8.89. The molecular weight excluding hydrogens is 210 g/mol. The van der Waals surface area contributed by atoms with Crippen LogP contribution < -0.4 is 10.3 Å². The van der Waals surface area contributed by atoms with Crippen LogP contribution in [0, 0.1) is 0 Å². The van der Waals surface area contributed by atoms with E-state index in [4.69, 9.17) is 4.74 Å². The van der Waals surface area contributed by atoms with Crippen LogP contribution in [0.2, 0.25) is 0 Å². The van der Waals surface area contributed by atoms with Gasteiger partial charge in [0, 0.05) is 18.5 Å². The number of nitrogens with zero attached hydrogens (tertiary/aromatic N) is 1. The number of aromatic hydroxyl groups is 2. The van der Waals surface area contributed by atoms with Crippen molar-refractivity contribution in [1.29, 1.82) is 0 Å². The molecule has 0 radical (unpaired) electrons. The third-order valence-corrected chi connectivity index (χ3v) is 2.52. The normalized spacial score (nSPS) is 10.6. The Bertz CT molecular complexity index is 615. The molecule has 0 amide bonds. The largest absolute Gasteiger partial charge is 0.508 e. The predicted octanol–water partition coefficient (Wildman–Crippen LogP) is 0.958. The fraction of sp³-hybridized carbons (Fsp3) is 0.182. The maximum absolute atomic E-state index is 11.7. The number of methoxy groups -OCH3 is 1. The van der Waals surface area contributed by atoms with Crippen LogP contribution in [0.1, 0.15) is 0 Å². The topological polar surface area (TPSA) is 71.7 Å². The Morgan fingerprint density at radius 2 is 2.00 bits per heavy atom. The van der Waals surface area contributed by atoms with Crippen LogP contribution >= 0.6 is 0 Å². The molecule has 1 heterocycles. The minimum absolute atomic E-state index is 0.0343. The molecule has 2 rings (SSSR count). The maximum atomic E-state index is 11.7. The summed E-state index contributed by atoms with van der Waals surface area (Å²) in [6, 6.07) is 4.38. The van der Waals surface area contributed by atoms with Gasteiger partial charge in [-0.2, -0.15) is 0 Å². The summed E-state index contributed by atoms with van der Waals surface area (Å²) in [7, 11) is 2.87. The highest BCUT2D eigenvalue weighted by atomic mass is 16.5. The van der Waals surface area contributed by atoms with E-state index in [1.54, 1.807) is 7.05 Å². The van der Waals surface area contributed by atoms with Gasteiger partial charge in [-0.3, -0.25) is 4.79 Å². The first kappa shape index (κ1) is 10.4. The fourth-order valence-corrected chi connectivity index (χ4v) is 1.67. The van der Waals surface area contributed by atoms with Gasteiger partial charge >= 0.3 is 0 Å². The minimum Gasteiger partial charge on any atom is -0.508 e. The zero-order valence-corrected chi connectivity index (χ0v) is 8.89. The number of hydrogen-bond donors (Lipinski definition) is 2. The summed E-state index contributed by atoms with van der Waals surface area (Å²) in [6.45, 7) is 0. The van der Waals surface area contributed by atoms with Crippen molar-refractivity contribution < 1.29 is 14.9 Å². The summed E-state index contributed by atoms with van der Waals surface area (Å²) < 4.78 is 6.16. The first-order valence-corrected chi connectivity index (χ1v) is 4.65. The van der Waals surface area contributed by atoms with Gasteiger partial charge in [0.15, 0.2) is 5.75 Å². The van der Waals surface area contributed by atoms with Crippen molar-refractivity contribution in [2.75, 3.05) is 7.11 Å². The molecule has 2 aromatic rings. The van der Waals surface area contributed by atoms with Crippen LogP contribution in [0.15, 0.2) is 23.0 Å². The Morgan fingerprint density at radius 1 is 1.31 bits per heavy atom. The first-order chi connectivity index (χ1) is 7.56. The first-order valence-electron chi connectivity index (χ1n) is 4.65. The Kier molecular flexibility index (Phi) is 2.23. The molecule has 0 aliphatic heterocycles. The van der Waals surface area contributed by atoms with E-state index in [-0.39, 0.29) is 17.2 Å². The second-order valence-electron chi connectivity index (χ2n) is 3.45. The van der Waals surface area contributed by atoms with Crippen LogP contribution in [-0.2, 0) is 7.05 Å². The van der Waals surface area contributed by atoms with Crippen LogP contribution in [0.25, 0.3) is 10.9 Å². The van der Waals surface area contributed by atoms with Crippen molar-refractivity contribution in [2.45, 2.75) is 0 Å². The molecule has 1 aromatic carbocycles. The average molecular weight is 221 g/mol. The number of benzene rings is 1. The SMILES string of the molecule is COc1c(O)c2ccc(O)cc2n(C)c1=O. The lowest BCUT2D eigenvalue weighted by Gasteiger charge is -2.10. The molecule has 5 nitrogen and oxygen atoms in total. The zero-order chi connectivity index (χ0) is 11.9. The van der Waals surface area contributed by atoms with E-state index in [1.807, 2.05) is 0 Å². The highest BCUT2D eigenvalue weighted by Gasteiger charge is 2.14. The van der Waals surface area contributed by atoms with Gasteiger partial charge in [0.05, 0.1) is 12.6 Å². The van der Waals surface area contributed by atoms with Gasteiger partial charge < -0.3 is 19.5 Å². The molecular formula is C11H11NO4. The molecule has 0 fully saturated rings. The van der Waals surface area contributed by atoms with Crippen molar-refractivity contribution in [3.8, 4) is 17.2 Å². The van der Waals surface area contributed by atoms with Gasteiger partial charge in [-0.1, -0.05) is 0 Å². The summed E-state index contributed by atoms with van der Waals surface area (Å²) in [4.78, 5) is 11.7. The highest BCUT2D eigenvalue weighted by molar-refractivity contribution is 5.88. The van der Waals surface area contributed by atoms with Crippen molar-refractivity contribution in [3.63, 3.8) is 0 Å². The third-order valence-electron chi connectivity index (χ3n) is 2.52. The van der Waals surface area contributed by atoms with Crippen LogP contribution in [0.3, 0.4) is 0 Å². The number of pyridine rings is 1. The number of aryl methyl sites for hydroxylation is 1. The number of phenols is 1. The van der Waals surface area contributed by atoms with E-state index in [0.29, 0.717) is 10.9 Å². The highest BCUT2D eigenvalue weighted by Crippen LogP contribution is 2.32. The van der Waals surface area contributed by atoms with E-state index < -0.39 is 5.56 Å². The van der Waals surface area contributed by atoms with E-state index in [0.717, 1.165) is 0 Å². The Morgan fingerprint density at radius 3 is 2.62 bits per heavy atom. The predicted molar refractivity (Wildman–Crippen MR) is 59.1 cm³/mol. The molecule has 1 aromatic heterocycles. The number of ether oxygens (including phenoxy) is 1. The van der Waals surface area contributed by atoms with Gasteiger partial charge in [-0.05, 0) is 12.1 Å². The Hall–Kier alpha value is -2.17. The Labute approximate surface area is 91.1 Å². The van der Waals surface area contributed by atoms with E-state index >= 15 is 0 Å². The standard InChI is InChI=1S/C11H11NO4/c1-12-8-5-6(13)3-4-7(8)9(14)10(16-2)11(12)15/h3-5,13-14H,1-2H3. The summed E-state index contributed by atoms with van der Waals surface area (Å²) in [5, 5.41) is 19.6. The fourth-order valence-electron chi connectivity index (χ4n) is 1.67. The molecule has 84 valence electrons. The van der Waals surface area contributed by atoms with Crippen molar-refractivity contribution in [2.24, 2.45) is 7.05 Å².